The van der Waals surface area contributed by atoms with Gasteiger partial charge in [-0.2, -0.15) is 0 Å². The van der Waals surface area contributed by atoms with Crippen LogP contribution in [0.1, 0.15) is 46.8 Å². The second-order valence-electron chi connectivity index (χ2n) is 5.01. The monoisotopic (exact) mass is 330 g/mol. The van der Waals surface area contributed by atoms with E-state index in [-0.39, 0.29) is 0 Å². The zero-order valence-electron chi connectivity index (χ0n) is 12.6. The van der Waals surface area contributed by atoms with E-state index in [1.165, 1.54) is 6.92 Å². The number of primary amides is 1. The molecular weight excluding hydrogens is 315 g/mol. The second-order valence-corrected chi connectivity index (χ2v) is 5.39. The lowest BCUT2D eigenvalue weighted by atomic mass is 10.1. The molecule has 1 heterocycles. The van der Waals surface area contributed by atoms with Crippen molar-refractivity contribution >= 4 is 17.5 Å². The third-order valence-electron chi connectivity index (χ3n) is 3.26. The molecule has 0 aliphatic rings. The Morgan fingerprint density at radius 1 is 1.35 bits per heavy atom. The third kappa shape index (κ3) is 4.54. The van der Waals surface area contributed by atoms with Crippen LogP contribution in [0.3, 0.4) is 0 Å². The van der Waals surface area contributed by atoms with Gasteiger partial charge >= 0.3 is 0 Å². The molecule has 0 saturated heterocycles. The lowest BCUT2D eigenvalue weighted by molar-refractivity contribution is 0.100. The Hall–Kier alpha value is -2.38. The molecule has 2 rings (SSSR count). The first-order valence-corrected chi connectivity index (χ1v) is 7.54. The number of nitrogens with two attached hydrogens (primary N) is 1. The van der Waals surface area contributed by atoms with Gasteiger partial charge in [0.2, 0.25) is 5.91 Å². The Morgan fingerprint density at radius 2 is 2.09 bits per heavy atom. The molecule has 23 heavy (non-hydrogen) atoms. The number of carbonyl (C=O) groups excluding carboxylic acids is 1. The van der Waals surface area contributed by atoms with E-state index >= 15 is 0 Å². The number of hydrogen-bond acceptors (Lipinski definition) is 2. The number of amides is 1. The van der Waals surface area contributed by atoms with Gasteiger partial charge in [0.25, 0.3) is 0 Å². The molecule has 3 nitrogen and oxygen atoms in total. The average molecular weight is 331 g/mol. The van der Waals surface area contributed by atoms with E-state index in [9.17, 15) is 9.18 Å². The number of alkyl halides is 1. The first kappa shape index (κ1) is 17.0. The van der Waals surface area contributed by atoms with Gasteiger partial charge in [-0.15, -0.1) is 0 Å². The highest BCUT2D eigenvalue weighted by Gasteiger charge is 2.09. The zero-order chi connectivity index (χ0) is 16.8. The summed E-state index contributed by atoms with van der Waals surface area (Å²) < 4.78 is 13.2. The number of benzene rings is 1. The number of nitrogens with zero attached hydrogens (tertiary/aromatic N) is 1. The fourth-order valence-corrected chi connectivity index (χ4v) is 2.37. The van der Waals surface area contributed by atoms with E-state index in [0.717, 1.165) is 5.56 Å². The number of hydrogen-bond donors (Lipinski definition) is 1. The van der Waals surface area contributed by atoms with E-state index in [0.29, 0.717) is 34.8 Å². The summed E-state index contributed by atoms with van der Waals surface area (Å²) in [6.07, 6.45) is 0.0117. The van der Waals surface area contributed by atoms with Gasteiger partial charge in [0, 0.05) is 6.42 Å². The third-order valence-corrected chi connectivity index (χ3v) is 3.70. The summed E-state index contributed by atoms with van der Waals surface area (Å²) in [6.45, 7) is 1.44. The average Bonchev–Trinajstić information content (AvgIpc) is 2.53. The molecule has 2 N–H and O–H groups in total. The first-order chi connectivity index (χ1) is 11.0. The van der Waals surface area contributed by atoms with Crippen molar-refractivity contribution in [3.63, 3.8) is 0 Å². The Morgan fingerprint density at radius 3 is 2.78 bits per heavy atom. The summed E-state index contributed by atoms with van der Waals surface area (Å²) >= 11 is 6.15. The molecule has 0 spiro atoms. The van der Waals surface area contributed by atoms with Crippen LogP contribution < -0.4 is 5.73 Å². The highest BCUT2D eigenvalue weighted by atomic mass is 35.5. The molecule has 0 saturated carbocycles. The second kappa shape index (κ2) is 7.75. The topological polar surface area (TPSA) is 56.0 Å². The fourth-order valence-electron chi connectivity index (χ4n) is 2.06. The molecule has 0 radical (unpaired) electrons. The quantitative estimate of drug-likeness (QED) is 0.866. The van der Waals surface area contributed by atoms with E-state index in [1.54, 1.807) is 30.3 Å². The minimum Gasteiger partial charge on any atom is -0.366 e. The molecule has 0 fully saturated rings. The van der Waals surface area contributed by atoms with Crippen LogP contribution in [0.2, 0.25) is 5.02 Å². The van der Waals surface area contributed by atoms with Crippen molar-refractivity contribution in [1.82, 2.24) is 4.98 Å². The molecule has 118 valence electrons. The van der Waals surface area contributed by atoms with Gasteiger partial charge in [-0.05, 0) is 43.0 Å². The fraction of sp³-hybridized carbons (Fsp3) is 0.222. The van der Waals surface area contributed by atoms with E-state index < -0.39 is 12.1 Å². The lowest BCUT2D eigenvalue weighted by Gasteiger charge is -2.05. The van der Waals surface area contributed by atoms with Gasteiger partial charge in [-0.25, -0.2) is 9.37 Å². The molecule has 1 aromatic carbocycles. The standard InChI is InChI=1S/C18H16ClFN2O/c1-12(20)16-11-5-9-14(22-16)8-3-2-6-13-7-4-10-15(17(13)19)18(21)23/h4-5,7,9-12H,2,6H2,1H3,(H2,21,23). The van der Waals surface area contributed by atoms with Crippen LogP contribution in [0.5, 0.6) is 0 Å². The van der Waals surface area contributed by atoms with Crippen molar-refractivity contribution in [2.45, 2.75) is 25.9 Å². The van der Waals surface area contributed by atoms with E-state index in [2.05, 4.69) is 16.8 Å². The smallest absolute Gasteiger partial charge is 0.250 e. The summed E-state index contributed by atoms with van der Waals surface area (Å²) in [4.78, 5) is 15.4. The number of pyridine rings is 1. The Bertz CT molecular complexity index is 778. The summed E-state index contributed by atoms with van der Waals surface area (Å²) in [5.41, 5.74) is 7.29. The Kier molecular flexibility index (Phi) is 5.72. The van der Waals surface area contributed by atoms with Gasteiger partial charge in [-0.3, -0.25) is 4.79 Å². The van der Waals surface area contributed by atoms with Crippen LogP contribution in [-0.4, -0.2) is 10.9 Å². The molecule has 0 aliphatic heterocycles. The maximum Gasteiger partial charge on any atom is 0.250 e. The molecule has 1 aromatic heterocycles. The van der Waals surface area contributed by atoms with Gasteiger partial charge < -0.3 is 5.73 Å². The number of aryl methyl sites for hydroxylation is 1. The number of rotatable bonds is 4. The molecular formula is C18H16ClFN2O. The SMILES string of the molecule is CC(F)c1cccc(C#CCCc2cccc(C(N)=O)c2Cl)n1. The maximum absolute atomic E-state index is 13.2. The predicted molar refractivity (Wildman–Crippen MR) is 88.9 cm³/mol. The van der Waals surface area contributed by atoms with Crippen molar-refractivity contribution in [2.24, 2.45) is 5.73 Å². The van der Waals surface area contributed by atoms with E-state index in [4.69, 9.17) is 17.3 Å². The molecule has 1 unspecified atom stereocenters. The summed E-state index contributed by atoms with van der Waals surface area (Å²) in [5, 5.41) is 0.369. The van der Waals surface area contributed by atoms with Gasteiger partial charge in [-0.1, -0.05) is 35.7 Å². The van der Waals surface area contributed by atoms with Gasteiger partial charge in [0.15, 0.2) is 0 Å². The normalized spacial score (nSPS) is 11.4. The van der Waals surface area contributed by atoms with Gasteiger partial charge in [0.1, 0.15) is 11.9 Å². The highest BCUT2D eigenvalue weighted by Crippen LogP contribution is 2.22. The maximum atomic E-state index is 13.2. The van der Waals surface area contributed by atoms with Gasteiger partial charge in [0.05, 0.1) is 16.3 Å². The van der Waals surface area contributed by atoms with Crippen LogP contribution >= 0.6 is 11.6 Å². The minimum absolute atomic E-state index is 0.309. The van der Waals surface area contributed by atoms with Crippen LogP contribution in [-0.2, 0) is 6.42 Å². The van der Waals surface area contributed by atoms with Crippen molar-refractivity contribution in [3.8, 4) is 11.8 Å². The van der Waals surface area contributed by atoms with Crippen molar-refractivity contribution < 1.29 is 9.18 Å². The molecule has 5 heteroatoms. The minimum atomic E-state index is -1.12. The van der Waals surface area contributed by atoms with Crippen LogP contribution in [0, 0.1) is 11.8 Å². The molecule has 1 atom stereocenters. The van der Waals surface area contributed by atoms with E-state index in [1.807, 2.05) is 6.07 Å². The Labute approximate surface area is 139 Å². The Balaban J connectivity index is 2.05. The predicted octanol–water partition coefficient (Wildman–Crippen LogP) is 3.85. The van der Waals surface area contributed by atoms with Crippen LogP contribution in [0.25, 0.3) is 0 Å². The molecule has 0 aliphatic carbocycles. The molecule has 2 aromatic rings. The van der Waals surface area contributed by atoms with Crippen LogP contribution in [0.4, 0.5) is 4.39 Å². The zero-order valence-corrected chi connectivity index (χ0v) is 13.4. The molecule has 0 bridgehead atoms. The lowest BCUT2D eigenvalue weighted by Crippen LogP contribution is -2.12. The molecule has 1 amide bonds. The van der Waals surface area contributed by atoms with Crippen molar-refractivity contribution in [2.75, 3.05) is 0 Å². The van der Waals surface area contributed by atoms with Crippen LogP contribution in [0.15, 0.2) is 36.4 Å². The number of aromatic nitrogens is 1. The summed E-state index contributed by atoms with van der Waals surface area (Å²) in [7, 11) is 0. The number of halogens is 2. The summed E-state index contributed by atoms with van der Waals surface area (Å²) in [6, 6.07) is 10.3. The van der Waals surface area contributed by atoms with Crippen molar-refractivity contribution in [3.05, 3.63) is 63.9 Å². The summed E-state index contributed by atoms with van der Waals surface area (Å²) in [5.74, 6) is 5.34. The van der Waals surface area contributed by atoms with Crippen molar-refractivity contribution in [1.29, 1.82) is 0 Å². The number of carbonyl (C=O) groups is 1. The largest absolute Gasteiger partial charge is 0.366 e. The first-order valence-electron chi connectivity index (χ1n) is 7.16. The highest BCUT2D eigenvalue weighted by molar-refractivity contribution is 6.34.